The van der Waals surface area contributed by atoms with Crippen LogP contribution in [-0.2, 0) is 13.5 Å². The third-order valence-electron chi connectivity index (χ3n) is 4.59. The third-order valence-corrected chi connectivity index (χ3v) is 5.17. The van der Waals surface area contributed by atoms with Gasteiger partial charge in [-0.15, -0.1) is 0 Å². The normalized spacial score (nSPS) is 18.6. The molecule has 2 heterocycles. The molecule has 3 rings (SSSR count). The molecular weight excluding hydrogens is 387 g/mol. The summed E-state index contributed by atoms with van der Waals surface area (Å²) < 4.78 is 15.3. The SMILES string of the molecule is C[C@@H]1CN(CCc2ccc(F)cc2)CCN1C(=O)c1nn(C)cc1Br. The predicted octanol–water partition coefficient (Wildman–Crippen LogP) is 2.71. The van der Waals surface area contributed by atoms with Crippen molar-refractivity contribution in [3.63, 3.8) is 0 Å². The molecule has 0 radical (unpaired) electrons. The Bertz CT molecular complexity index is 746. The van der Waals surface area contributed by atoms with Crippen molar-refractivity contribution < 1.29 is 9.18 Å². The maximum atomic E-state index is 13.0. The van der Waals surface area contributed by atoms with E-state index in [1.807, 2.05) is 17.0 Å². The van der Waals surface area contributed by atoms with Crippen molar-refractivity contribution in [2.45, 2.75) is 19.4 Å². The zero-order chi connectivity index (χ0) is 18.0. The van der Waals surface area contributed by atoms with Gasteiger partial charge in [-0.2, -0.15) is 5.10 Å². The van der Waals surface area contributed by atoms with Crippen LogP contribution in [0.3, 0.4) is 0 Å². The Kier molecular flexibility index (Phi) is 5.54. The Morgan fingerprint density at radius 1 is 1.32 bits per heavy atom. The van der Waals surface area contributed by atoms with Gasteiger partial charge in [0, 0.05) is 45.5 Å². The van der Waals surface area contributed by atoms with Crippen molar-refractivity contribution in [1.82, 2.24) is 19.6 Å². The Morgan fingerprint density at radius 2 is 2.04 bits per heavy atom. The lowest BCUT2D eigenvalue weighted by Gasteiger charge is -2.39. The zero-order valence-corrected chi connectivity index (χ0v) is 16.0. The summed E-state index contributed by atoms with van der Waals surface area (Å²) >= 11 is 3.40. The maximum absolute atomic E-state index is 13.0. The largest absolute Gasteiger partial charge is 0.332 e. The van der Waals surface area contributed by atoms with Crippen LogP contribution in [0.4, 0.5) is 4.39 Å². The fourth-order valence-electron chi connectivity index (χ4n) is 3.22. The van der Waals surface area contributed by atoms with Gasteiger partial charge in [-0.1, -0.05) is 12.1 Å². The average Bonchev–Trinajstić information content (AvgIpc) is 2.92. The number of piperazine rings is 1. The van der Waals surface area contributed by atoms with E-state index >= 15 is 0 Å². The first kappa shape index (κ1) is 18.1. The first-order valence-electron chi connectivity index (χ1n) is 8.41. The second kappa shape index (κ2) is 7.66. The molecule has 7 heteroatoms. The van der Waals surface area contributed by atoms with E-state index in [0.717, 1.165) is 36.1 Å². The van der Waals surface area contributed by atoms with Gasteiger partial charge >= 0.3 is 0 Å². The lowest BCUT2D eigenvalue weighted by Crippen LogP contribution is -2.54. The predicted molar refractivity (Wildman–Crippen MR) is 98.0 cm³/mol. The number of nitrogens with zero attached hydrogens (tertiary/aromatic N) is 4. The Labute approximate surface area is 155 Å². The number of rotatable bonds is 4. The Hall–Kier alpha value is -1.73. The molecule has 0 N–H and O–H groups in total. The van der Waals surface area contributed by atoms with Crippen LogP contribution in [0.5, 0.6) is 0 Å². The summed E-state index contributed by atoms with van der Waals surface area (Å²) in [6.45, 7) is 5.33. The van der Waals surface area contributed by atoms with Crippen molar-refractivity contribution in [3.05, 3.63) is 52.0 Å². The average molecular weight is 409 g/mol. The van der Waals surface area contributed by atoms with E-state index in [4.69, 9.17) is 0 Å². The van der Waals surface area contributed by atoms with Crippen LogP contribution >= 0.6 is 15.9 Å². The second-order valence-corrected chi connectivity index (χ2v) is 7.38. The molecule has 1 fully saturated rings. The highest BCUT2D eigenvalue weighted by Crippen LogP contribution is 2.19. The number of aryl methyl sites for hydroxylation is 1. The third kappa shape index (κ3) is 4.27. The van der Waals surface area contributed by atoms with Crippen LogP contribution in [0, 0.1) is 5.82 Å². The van der Waals surface area contributed by atoms with Gasteiger partial charge in [-0.3, -0.25) is 14.4 Å². The number of benzene rings is 1. The highest BCUT2D eigenvalue weighted by molar-refractivity contribution is 9.10. The number of amides is 1. The molecule has 1 aliphatic rings. The topological polar surface area (TPSA) is 41.4 Å². The van der Waals surface area contributed by atoms with Gasteiger partial charge in [0.05, 0.1) is 4.47 Å². The first-order chi connectivity index (χ1) is 11.9. The van der Waals surface area contributed by atoms with Crippen molar-refractivity contribution in [1.29, 1.82) is 0 Å². The van der Waals surface area contributed by atoms with Crippen LogP contribution in [-0.4, -0.2) is 57.7 Å². The molecule has 0 aliphatic carbocycles. The highest BCUT2D eigenvalue weighted by Gasteiger charge is 2.30. The molecule has 0 unspecified atom stereocenters. The Morgan fingerprint density at radius 3 is 2.64 bits per heavy atom. The molecule has 1 aromatic heterocycles. The van der Waals surface area contributed by atoms with Gasteiger partial charge in [-0.05, 0) is 47.0 Å². The summed E-state index contributed by atoms with van der Waals surface area (Å²) in [6.07, 6.45) is 2.67. The first-order valence-corrected chi connectivity index (χ1v) is 9.20. The van der Waals surface area contributed by atoms with E-state index in [9.17, 15) is 9.18 Å². The molecule has 1 saturated heterocycles. The van der Waals surface area contributed by atoms with Gasteiger partial charge < -0.3 is 4.90 Å². The van der Waals surface area contributed by atoms with E-state index in [0.29, 0.717) is 12.2 Å². The second-order valence-electron chi connectivity index (χ2n) is 6.52. The van der Waals surface area contributed by atoms with Crippen LogP contribution in [0.1, 0.15) is 23.0 Å². The molecule has 0 spiro atoms. The van der Waals surface area contributed by atoms with E-state index in [1.54, 1.807) is 17.9 Å². The summed E-state index contributed by atoms with van der Waals surface area (Å²) in [5.41, 5.74) is 1.60. The van der Waals surface area contributed by atoms with Crippen molar-refractivity contribution in [2.75, 3.05) is 26.2 Å². The zero-order valence-electron chi connectivity index (χ0n) is 14.5. The highest BCUT2D eigenvalue weighted by atomic mass is 79.9. The van der Waals surface area contributed by atoms with Gasteiger partial charge in [-0.25, -0.2) is 4.39 Å². The molecular formula is C18H22BrFN4O. The smallest absolute Gasteiger partial charge is 0.275 e. The quantitative estimate of drug-likeness (QED) is 0.780. The van der Waals surface area contributed by atoms with E-state index < -0.39 is 0 Å². The number of aromatic nitrogens is 2. The van der Waals surface area contributed by atoms with Crippen molar-refractivity contribution in [2.24, 2.45) is 7.05 Å². The fourth-order valence-corrected chi connectivity index (χ4v) is 3.76. The summed E-state index contributed by atoms with van der Waals surface area (Å²) in [4.78, 5) is 17.0. The van der Waals surface area contributed by atoms with Crippen LogP contribution in [0.15, 0.2) is 34.9 Å². The van der Waals surface area contributed by atoms with Crippen LogP contribution in [0.2, 0.25) is 0 Å². The molecule has 0 bridgehead atoms. The molecule has 1 atom stereocenters. The number of carbonyl (C=O) groups excluding carboxylic acids is 1. The summed E-state index contributed by atoms with van der Waals surface area (Å²) in [7, 11) is 1.80. The number of hydrogen-bond acceptors (Lipinski definition) is 3. The number of hydrogen-bond donors (Lipinski definition) is 0. The minimum absolute atomic E-state index is 0.0295. The summed E-state index contributed by atoms with van der Waals surface area (Å²) in [5, 5.41) is 4.26. The van der Waals surface area contributed by atoms with Crippen LogP contribution < -0.4 is 0 Å². The van der Waals surface area contributed by atoms with E-state index in [-0.39, 0.29) is 17.8 Å². The number of carbonyl (C=O) groups is 1. The molecule has 2 aromatic rings. The lowest BCUT2D eigenvalue weighted by atomic mass is 10.1. The van der Waals surface area contributed by atoms with Gasteiger partial charge in [0.15, 0.2) is 5.69 Å². The van der Waals surface area contributed by atoms with Crippen molar-refractivity contribution in [3.8, 4) is 0 Å². The fraction of sp³-hybridized carbons (Fsp3) is 0.444. The molecule has 0 saturated carbocycles. The van der Waals surface area contributed by atoms with Gasteiger partial charge in [0.1, 0.15) is 5.82 Å². The maximum Gasteiger partial charge on any atom is 0.275 e. The lowest BCUT2D eigenvalue weighted by molar-refractivity contribution is 0.0485. The Balaban J connectivity index is 1.56. The van der Waals surface area contributed by atoms with Crippen LogP contribution in [0.25, 0.3) is 0 Å². The van der Waals surface area contributed by atoms with Crippen molar-refractivity contribution >= 4 is 21.8 Å². The van der Waals surface area contributed by atoms with E-state index in [2.05, 4.69) is 32.9 Å². The standard InChI is InChI=1S/C18H22BrFN4O/c1-13-11-23(8-7-14-3-5-15(20)6-4-14)9-10-24(13)18(25)17-16(19)12-22(2)21-17/h3-6,12-13H,7-11H2,1-2H3/t13-/m1/s1. The molecule has 1 aliphatic heterocycles. The minimum atomic E-state index is -0.204. The number of halogens is 2. The molecule has 25 heavy (non-hydrogen) atoms. The summed E-state index contributed by atoms with van der Waals surface area (Å²) in [6, 6.07) is 6.79. The van der Waals surface area contributed by atoms with Gasteiger partial charge in [0.25, 0.3) is 5.91 Å². The van der Waals surface area contributed by atoms with E-state index in [1.165, 1.54) is 12.1 Å². The minimum Gasteiger partial charge on any atom is -0.332 e. The molecule has 5 nitrogen and oxygen atoms in total. The molecule has 1 aromatic carbocycles. The van der Waals surface area contributed by atoms with Gasteiger partial charge in [0.2, 0.25) is 0 Å². The molecule has 1 amide bonds. The molecule has 134 valence electrons. The monoisotopic (exact) mass is 408 g/mol. The summed E-state index contributed by atoms with van der Waals surface area (Å²) in [5.74, 6) is -0.233.